The molecule has 1 saturated carbocycles. The highest BCUT2D eigenvalue weighted by Gasteiger charge is 2.33. The van der Waals surface area contributed by atoms with E-state index in [1.54, 1.807) is 25.2 Å². The zero-order chi connectivity index (χ0) is 26.4. The Balaban J connectivity index is 1.25. The van der Waals surface area contributed by atoms with Gasteiger partial charge in [0.25, 0.3) is 11.8 Å². The van der Waals surface area contributed by atoms with Gasteiger partial charge < -0.3 is 25.0 Å². The normalized spacial score (nSPS) is 21.6. The van der Waals surface area contributed by atoms with Crippen LogP contribution in [0.4, 0.5) is 11.8 Å². The van der Waals surface area contributed by atoms with Crippen LogP contribution < -0.4 is 10.6 Å². The van der Waals surface area contributed by atoms with Gasteiger partial charge >= 0.3 is 0 Å². The third kappa shape index (κ3) is 4.62. The molecule has 2 unspecified atom stereocenters. The van der Waals surface area contributed by atoms with Crippen LogP contribution in [0.5, 0.6) is 0 Å². The van der Waals surface area contributed by atoms with Gasteiger partial charge in [-0.05, 0) is 50.8 Å². The number of carbonyl (C=O) groups is 2. The van der Waals surface area contributed by atoms with E-state index in [1.165, 1.54) is 6.42 Å². The molecule has 10 heteroatoms. The third-order valence-electron chi connectivity index (χ3n) is 8.19. The van der Waals surface area contributed by atoms with E-state index in [1.807, 2.05) is 30.0 Å². The SMILES string of the molecule is Cc1nc(Nc2ncc3cc(C(=O)N(C)C)n(C4CCCC4)c3n2)ccc1C(=O)N1CC2CCCC(C1)N2. The van der Waals surface area contributed by atoms with Crippen molar-refractivity contribution in [1.29, 1.82) is 0 Å². The molecule has 3 aliphatic rings. The molecule has 2 aliphatic heterocycles. The van der Waals surface area contributed by atoms with Crippen molar-refractivity contribution in [3.63, 3.8) is 0 Å². The van der Waals surface area contributed by atoms with Gasteiger partial charge in [-0.1, -0.05) is 19.3 Å². The molecule has 6 rings (SSSR count). The highest BCUT2D eigenvalue weighted by atomic mass is 16.2. The van der Waals surface area contributed by atoms with Crippen LogP contribution in [0.15, 0.2) is 24.4 Å². The van der Waals surface area contributed by atoms with E-state index in [0.717, 1.165) is 62.6 Å². The number of anilines is 2. The maximum Gasteiger partial charge on any atom is 0.270 e. The molecule has 2 atom stereocenters. The number of rotatable bonds is 5. The van der Waals surface area contributed by atoms with Gasteiger partial charge in [0.15, 0.2) is 0 Å². The Labute approximate surface area is 222 Å². The van der Waals surface area contributed by atoms with E-state index in [4.69, 9.17) is 4.98 Å². The van der Waals surface area contributed by atoms with Crippen molar-refractivity contribution < 1.29 is 9.59 Å². The summed E-state index contributed by atoms with van der Waals surface area (Å²) in [5.41, 5.74) is 2.72. The number of aryl methyl sites for hydroxylation is 1. The number of carbonyl (C=O) groups excluding carboxylic acids is 2. The first-order valence-electron chi connectivity index (χ1n) is 13.8. The molecule has 2 amide bonds. The fourth-order valence-electron chi connectivity index (χ4n) is 6.31. The van der Waals surface area contributed by atoms with Gasteiger partial charge in [0.05, 0.1) is 11.3 Å². The number of pyridine rings is 1. The highest BCUT2D eigenvalue weighted by molar-refractivity contribution is 5.98. The number of hydrogen-bond donors (Lipinski definition) is 2. The van der Waals surface area contributed by atoms with Crippen molar-refractivity contribution in [2.24, 2.45) is 0 Å². The number of piperazine rings is 1. The molecule has 3 fully saturated rings. The molecule has 2 N–H and O–H groups in total. The van der Waals surface area contributed by atoms with Crippen molar-refractivity contribution in [2.45, 2.75) is 70.0 Å². The van der Waals surface area contributed by atoms with Crippen molar-refractivity contribution >= 4 is 34.6 Å². The maximum absolute atomic E-state index is 13.3. The van der Waals surface area contributed by atoms with E-state index in [9.17, 15) is 9.59 Å². The Morgan fingerprint density at radius 2 is 1.76 bits per heavy atom. The predicted molar refractivity (Wildman–Crippen MR) is 146 cm³/mol. The minimum absolute atomic E-state index is 0.0323. The van der Waals surface area contributed by atoms with Crippen LogP contribution in [0.1, 0.15) is 77.5 Å². The molecule has 200 valence electrons. The lowest BCUT2D eigenvalue weighted by molar-refractivity contribution is 0.0607. The Morgan fingerprint density at radius 3 is 2.45 bits per heavy atom. The summed E-state index contributed by atoms with van der Waals surface area (Å²) in [6.07, 6.45) is 9.62. The van der Waals surface area contributed by atoms with Gasteiger partial charge in [-0.25, -0.2) is 9.97 Å². The molecule has 3 aromatic rings. The largest absolute Gasteiger partial charge is 0.343 e. The summed E-state index contributed by atoms with van der Waals surface area (Å²) in [5, 5.41) is 7.69. The maximum atomic E-state index is 13.3. The standard InChI is InChI=1S/C28H36N8O2/c1-17-22(26(37)35-15-19-7-6-8-20(16-35)31-19)11-12-24(30-17)32-28-29-14-18-13-23(27(38)34(2)3)36(25(18)33-28)21-9-4-5-10-21/h11-14,19-21,31H,4-10,15-16H2,1-3H3,(H,29,30,32,33). The third-order valence-corrected chi connectivity index (χ3v) is 8.19. The summed E-state index contributed by atoms with van der Waals surface area (Å²) in [6.45, 7) is 3.37. The number of aromatic nitrogens is 4. The van der Waals surface area contributed by atoms with Crippen molar-refractivity contribution in [2.75, 3.05) is 32.5 Å². The van der Waals surface area contributed by atoms with Crippen LogP contribution >= 0.6 is 0 Å². The molecule has 0 spiro atoms. The molecule has 1 aliphatic carbocycles. The number of fused-ring (bicyclic) bond motifs is 3. The predicted octanol–water partition coefficient (Wildman–Crippen LogP) is 3.66. The summed E-state index contributed by atoms with van der Waals surface area (Å²) in [7, 11) is 3.54. The number of amides is 2. The molecule has 2 saturated heterocycles. The van der Waals surface area contributed by atoms with E-state index in [0.29, 0.717) is 40.8 Å². The molecular weight excluding hydrogens is 480 g/mol. The second-order valence-electron chi connectivity index (χ2n) is 11.2. The smallest absolute Gasteiger partial charge is 0.270 e. The van der Waals surface area contributed by atoms with Crippen LogP contribution in [0.25, 0.3) is 11.0 Å². The second kappa shape index (κ2) is 9.98. The van der Waals surface area contributed by atoms with Crippen LogP contribution in [0.2, 0.25) is 0 Å². The first-order valence-corrected chi connectivity index (χ1v) is 13.8. The molecule has 38 heavy (non-hydrogen) atoms. The molecule has 2 bridgehead atoms. The van der Waals surface area contributed by atoms with E-state index < -0.39 is 0 Å². The Kier molecular flexibility index (Phi) is 6.51. The zero-order valence-electron chi connectivity index (χ0n) is 22.4. The van der Waals surface area contributed by atoms with Crippen LogP contribution in [0.3, 0.4) is 0 Å². The molecule has 3 aromatic heterocycles. The lowest BCUT2D eigenvalue weighted by atomic mass is 9.94. The monoisotopic (exact) mass is 516 g/mol. The topological polar surface area (TPSA) is 108 Å². The lowest BCUT2D eigenvalue weighted by Crippen LogP contribution is -2.59. The molecule has 10 nitrogen and oxygen atoms in total. The average Bonchev–Trinajstić information content (AvgIpc) is 3.55. The number of likely N-dealkylation sites (tertiary alicyclic amines) is 1. The van der Waals surface area contributed by atoms with Gasteiger partial charge in [0.1, 0.15) is 17.2 Å². The molecular formula is C28H36N8O2. The summed E-state index contributed by atoms with van der Waals surface area (Å²) >= 11 is 0. The first kappa shape index (κ1) is 24.8. The van der Waals surface area contributed by atoms with Crippen molar-refractivity contribution in [3.8, 4) is 0 Å². The van der Waals surface area contributed by atoms with Gasteiger partial charge in [0.2, 0.25) is 5.95 Å². The quantitative estimate of drug-likeness (QED) is 0.533. The van der Waals surface area contributed by atoms with E-state index >= 15 is 0 Å². The van der Waals surface area contributed by atoms with Gasteiger partial charge in [-0.2, -0.15) is 4.98 Å². The molecule has 0 aromatic carbocycles. The number of hydrogen-bond acceptors (Lipinski definition) is 7. The van der Waals surface area contributed by atoms with E-state index in [-0.39, 0.29) is 17.9 Å². The first-order chi connectivity index (χ1) is 18.4. The zero-order valence-corrected chi connectivity index (χ0v) is 22.4. The number of nitrogens with zero attached hydrogens (tertiary/aromatic N) is 6. The number of piperidine rings is 1. The minimum atomic E-state index is -0.0323. The highest BCUT2D eigenvalue weighted by Crippen LogP contribution is 2.35. The Morgan fingerprint density at radius 1 is 1.03 bits per heavy atom. The summed E-state index contributed by atoms with van der Waals surface area (Å²) in [5.74, 6) is 1.01. The Bertz CT molecular complexity index is 1360. The Hall–Kier alpha value is -3.53. The van der Waals surface area contributed by atoms with Gasteiger partial charge in [-0.15, -0.1) is 0 Å². The molecule has 5 heterocycles. The second-order valence-corrected chi connectivity index (χ2v) is 11.2. The number of nitrogens with one attached hydrogen (secondary N) is 2. The van der Waals surface area contributed by atoms with Crippen molar-refractivity contribution in [1.82, 2.24) is 34.6 Å². The van der Waals surface area contributed by atoms with Crippen LogP contribution in [-0.4, -0.2) is 80.4 Å². The molecule has 0 radical (unpaired) electrons. The summed E-state index contributed by atoms with van der Waals surface area (Å²) in [4.78, 5) is 43.8. The lowest BCUT2D eigenvalue weighted by Gasteiger charge is -2.42. The van der Waals surface area contributed by atoms with Crippen LogP contribution in [0, 0.1) is 6.92 Å². The summed E-state index contributed by atoms with van der Waals surface area (Å²) < 4.78 is 2.10. The fourth-order valence-corrected chi connectivity index (χ4v) is 6.31. The van der Waals surface area contributed by atoms with Gasteiger partial charge in [0, 0.05) is 56.9 Å². The van der Waals surface area contributed by atoms with Crippen LogP contribution in [-0.2, 0) is 0 Å². The van der Waals surface area contributed by atoms with Gasteiger partial charge in [-0.3, -0.25) is 9.59 Å². The fraction of sp³-hybridized carbons (Fsp3) is 0.536. The minimum Gasteiger partial charge on any atom is -0.343 e. The average molecular weight is 517 g/mol. The van der Waals surface area contributed by atoms with Crippen molar-refractivity contribution in [3.05, 3.63) is 41.3 Å². The summed E-state index contributed by atoms with van der Waals surface area (Å²) in [6, 6.07) is 6.59. The van der Waals surface area contributed by atoms with E-state index in [2.05, 4.69) is 25.2 Å².